The van der Waals surface area contributed by atoms with E-state index < -0.39 is 0 Å². The Labute approximate surface area is 68.5 Å². The molecule has 0 spiro atoms. The third-order valence-corrected chi connectivity index (χ3v) is 0.595. The first-order chi connectivity index (χ1) is 4.13. The molecule has 0 rings (SSSR count). The molecular formula is C6H14ClN3. The van der Waals surface area contributed by atoms with Crippen LogP contribution in [0.25, 0.3) is 0 Å². The van der Waals surface area contributed by atoms with Gasteiger partial charge in [0.1, 0.15) is 0 Å². The maximum Gasteiger partial charge on any atom is 0.273 e. The molecule has 0 fully saturated rings. The molecule has 0 aromatic carbocycles. The summed E-state index contributed by atoms with van der Waals surface area (Å²) in [5.41, 5.74) is 0. The summed E-state index contributed by atoms with van der Waals surface area (Å²) in [6.45, 7) is 0. The van der Waals surface area contributed by atoms with Gasteiger partial charge in [0, 0.05) is 0 Å². The van der Waals surface area contributed by atoms with Gasteiger partial charge in [-0.2, -0.15) is 0 Å². The minimum atomic E-state index is 0. The van der Waals surface area contributed by atoms with Crippen LogP contribution in [0.15, 0.2) is 0 Å². The Balaban J connectivity index is 0. The van der Waals surface area contributed by atoms with E-state index in [4.69, 9.17) is 0 Å². The molecule has 0 unspecified atom stereocenters. The molecule has 0 heterocycles. The zero-order chi connectivity index (χ0) is 7.28. The lowest BCUT2D eigenvalue weighted by atomic mass is 10.9. The summed E-state index contributed by atoms with van der Waals surface area (Å²) in [5, 5.41) is 0. The molecule has 0 radical (unpaired) electrons. The molecule has 0 amide bonds. The van der Waals surface area contributed by atoms with Gasteiger partial charge in [-0.05, 0) is 0 Å². The Morgan fingerprint density at radius 3 is 1.40 bits per heavy atom. The van der Waals surface area contributed by atoms with Crippen molar-refractivity contribution >= 4 is 12.7 Å². The van der Waals surface area contributed by atoms with Crippen molar-refractivity contribution in [2.45, 2.75) is 0 Å². The third kappa shape index (κ3) is 10.3. The van der Waals surface area contributed by atoms with Gasteiger partial charge >= 0.3 is 0 Å². The predicted octanol–water partition coefficient (Wildman–Crippen LogP) is -3.76. The molecule has 10 heavy (non-hydrogen) atoms. The fourth-order valence-electron chi connectivity index (χ4n) is 0.296. The lowest BCUT2D eigenvalue weighted by molar-refractivity contribution is -0.00000215. The maximum atomic E-state index is 3.97. The maximum absolute atomic E-state index is 3.97. The Kier molecular flexibility index (Phi) is 7.79. The number of halogens is 1. The molecule has 0 atom stereocenters. The van der Waals surface area contributed by atoms with Gasteiger partial charge in [0.25, 0.3) is 12.7 Å². The minimum Gasteiger partial charge on any atom is -1.00 e. The average molecular weight is 164 g/mol. The SMILES string of the molecule is CN(C)C=[N+]=CN(C)C.[Cl-]. The zero-order valence-electron chi connectivity index (χ0n) is 6.87. The van der Waals surface area contributed by atoms with Gasteiger partial charge in [0.2, 0.25) is 0 Å². The van der Waals surface area contributed by atoms with Crippen LogP contribution in [-0.2, 0) is 0 Å². The molecule has 0 saturated carbocycles. The highest BCUT2D eigenvalue weighted by atomic mass is 35.5. The van der Waals surface area contributed by atoms with Crippen LogP contribution >= 0.6 is 0 Å². The normalized spacial score (nSPS) is 6.80. The van der Waals surface area contributed by atoms with E-state index in [9.17, 15) is 0 Å². The molecule has 0 aliphatic heterocycles. The van der Waals surface area contributed by atoms with Crippen molar-refractivity contribution in [3.05, 3.63) is 0 Å². The summed E-state index contributed by atoms with van der Waals surface area (Å²) in [5.74, 6) is 0. The molecule has 60 valence electrons. The van der Waals surface area contributed by atoms with Gasteiger partial charge < -0.3 is 12.4 Å². The topological polar surface area (TPSA) is 20.6 Å². The summed E-state index contributed by atoms with van der Waals surface area (Å²) in [6.07, 6.45) is 3.50. The van der Waals surface area contributed by atoms with Crippen molar-refractivity contribution in [2.75, 3.05) is 28.2 Å². The van der Waals surface area contributed by atoms with Crippen LogP contribution in [0, 0.1) is 0 Å². The van der Waals surface area contributed by atoms with Gasteiger partial charge in [-0.25, -0.2) is 4.67 Å². The number of nitrogens with zero attached hydrogens (tertiary/aromatic N) is 3. The van der Waals surface area contributed by atoms with Gasteiger partial charge in [-0.15, -0.1) is 0 Å². The standard InChI is InChI=1S/C6H14N3.ClH/c1-8(2)5-7-6-9(3)4;/h5-6H,1-4H3;1H/q+1;/p-1. The van der Waals surface area contributed by atoms with E-state index >= 15 is 0 Å². The smallest absolute Gasteiger partial charge is 0.273 e. The summed E-state index contributed by atoms with van der Waals surface area (Å²) in [7, 11) is 7.75. The van der Waals surface area contributed by atoms with E-state index in [1.54, 1.807) is 12.7 Å². The molecule has 3 nitrogen and oxygen atoms in total. The molecule has 0 aromatic rings. The Bertz CT molecular complexity index is 113. The monoisotopic (exact) mass is 163 g/mol. The molecule has 0 aliphatic rings. The van der Waals surface area contributed by atoms with Crippen molar-refractivity contribution in [3.63, 3.8) is 0 Å². The van der Waals surface area contributed by atoms with E-state index in [0.717, 1.165) is 0 Å². The van der Waals surface area contributed by atoms with Gasteiger partial charge in [0.05, 0.1) is 28.2 Å². The number of rotatable bonds is 2. The van der Waals surface area contributed by atoms with Gasteiger partial charge in [-0.3, -0.25) is 9.80 Å². The van der Waals surface area contributed by atoms with Crippen molar-refractivity contribution in [1.29, 1.82) is 0 Å². The second-order valence-corrected chi connectivity index (χ2v) is 2.31. The minimum absolute atomic E-state index is 0. The molecule has 4 heteroatoms. The molecule has 0 aliphatic carbocycles. The van der Waals surface area contributed by atoms with Crippen LogP contribution in [0.5, 0.6) is 0 Å². The van der Waals surface area contributed by atoms with Crippen LogP contribution in [0.4, 0.5) is 0 Å². The Morgan fingerprint density at radius 2 is 1.20 bits per heavy atom. The fourth-order valence-corrected chi connectivity index (χ4v) is 0.296. The van der Waals surface area contributed by atoms with Crippen molar-refractivity contribution in [1.82, 2.24) is 14.5 Å². The summed E-state index contributed by atoms with van der Waals surface area (Å²) in [4.78, 5) is 3.78. The highest BCUT2D eigenvalue weighted by molar-refractivity contribution is 5.62. The lowest BCUT2D eigenvalue weighted by Gasteiger charge is -1.92. The fraction of sp³-hybridized carbons (Fsp3) is 0.667. The molecule has 0 N–H and O–H groups in total. The van der Waals surface area contributed by atoms with Gasteiger partial charge in [0.15, 0.2) is 0 Å². The highest BCUT2D eigenvalue weighted by Gasteiger charge is 1.81. The van der Waals surface area contributed by atoms with Crippen LogP contribution in [0.3, 0.4) is 0 Å². The summed E-state index contributed by atoms with van der Waals surface area (Å²) < 4.78 is 3.97. The van der Waals surface area contributed by atoms with Crippen molar-refractivity contribution in [3.8, 4) is 0 Å². The first kappa shape index (κ1) is 12.1. The number of hydrogen-bond acceptors (Lipinski definition) is 0. The van der Waals surface area contributed by atoms with Crippen LogP contribution < -0.4 is 17.1 Å². The predicted molar refractivity (Wildman–Crippen MR) is 41.6 cm³/mol. The first-order valence-electron chi connectivity index (χ1n) is 2.82. The largest absolute Gasteiger partial charge is 1.00 e. The van der Waals surface area contributed by atoms with Crippen LogP contribution in [0.2, 0.25) is 0 Å². The van der Waals surface area contributed by atoms with E-state index in [1.165, 1.54) is 0 Å². The summed E-state index contributed by atoms with van der Waals surface area (Å²) >= 11 is 0. The third-order valence-electron chi connectivity index (χ3n) is 0.595. The van der Waals surface area contributed by atoms with E-state index in [2.05, 4.69) is 4.67 Å². The Hall–Kier alpha value is -0.660. The van der Waals surface area contributed by atoms with Crippen molar-refractivity contribution in [2.24, 2.45) is 0 Å². The average Bonchev–Trinajstić information content (AvgIpc) is 1.63. The first-order valence-corrected chi connectivity index (χ1v) is 2.82. The van der Waals surface area contributed by atoms with Gasteiger partial charge in [-0.1, -0.05) is 0 Å². The van der Waals surface area contributed by atoms with E-state index in [-0.39, 0.29) is 12.4 Å². The van der Waals surface area contributed by atoms with E-state index in [0.29, 0.717) is 0 Å². The second kappa shape index (κ2) is 6.46. The highest BCUT2D eigenvalue weighted by Crippen LogP contribution is 1.56. The van der Waals surface area contributed by atoms with Crippen LogP contribution in [0.1, 0.15) is 0 Å². The molecular weight excluding hydrogens is 150 g/mol. The molecule has 0 aromatic heterocycles. The quantitative estimate of drug-likeness (QED) is 0.237. The van der Waals surface area contributed by atoms with Crippen LogP contribution in [-0.4, -0.2) is 50.7 Å². The van der Waals surface area contributed by atoms with E-state index in [1.807, 2.05) is 38.0 Å². The lowest BCUT2D eigenvalue weighted by Crippen LogP contribution is -3.00. The van der Waals surface area contributed by atoms with Crippen molar-refractivity contribution < 1.29 is 12.4 Å². The second-order valence-electron chi connectivity index (χ2n) is 2.31. The molecule has 0 saturated heterocycles. The zero-order valence-corrected chi connectivity index (χ0v) is 7.63. The Morgan fingerprint density at radius 1 is 0.900 bits per heavy atom. The molecule has 0 bridgehead atoms. The summed E-state index contributed by atoms with van der Waals surface area (Å²) in [6, 6.07) is 0. The number of hydrogen-bond donors (Lipinski definition) is 0.